The van der Waals surface area contributed by atoms with Gasteiger partial charge >= 0.3 is 108 Å². The Balaban J connectivity index is 1.89. The van der Waals surface area contributed by atoms with Crippen LogP contribution in [0.5, 0.6) is 0 Å². The Bertz CT molecular complexity index is 509. The molecule has 0 saturated carbocycles. The summed E-state index contributed by atoms with van der Waals surface area (Å²) >= 11 is 0.313. The fourth-order valence-corrected chi connectivity index (χ4v) is 4.88. The summed E-state index contributed by atoms with van der Waals surface area (Å²) < 4.78 is 1.36. The van der Waals surface area contributed by atoms with Gasteiger partial charge in [0.2, 0.25) is 0 Å². The van der Waals surface area contributed by atoms with Gasteiger partial charge in [-0.15, -0.1) is 0 Å². The molecule has 1 aliphatic rings. The number of hydrogen-bond acceptors (Lipinski definition) is 1. The van der Waals surface area contributed by atoms with E-state index < -0.39 is 0 Å². The van der Waals surface area contributed by atoms with Crippen LogP contribution >= 0.6 is 0 Å². The zero-order valence-corrected chi connectivity index (χ0v) is 11.1. The molecule has 0 heterocycles. The van der Waals surface area contributed by atoms with Crippen LogP contribution in [0.3, 0.4) is 0 Å². The van der Waals surface area contributed by atoms with Crippen LogP contribution in [0.2, 0.25) is 0 Å². The summed E-state index contributed by atoms with van der Waals surface area (Å²) in [6.45, 7) is 0. The minimum absolute atomic E-state index is 0.201. The van der Waals surface area contributed by atoms with Crippen molar-refractivity contribution in [2.75, 3.05) is 0 Å². The molecule has 3 rings (SSSR count). The van der Waals surface area contributed by atoms with E-state index in [1.807, 2.05) is 6.07 Å². The summed E-state index contributed by atoms with van der Waals surface area (Å²) in [5.41, 5.74) is 2.67. The molecule has 1 nitrogen and oxygen atoms in total. The second kappa shape index (κ2) is 4.66. The van der Waals surface area contributed by atoms with E-state index in [1.165, 1.54) is 15.6 Å². The van der Waals surface area contributed by atoms with E-state index in [1.54, 1.807) is 0 Å². The predicted octanol–water partition coefficient (Wildman–Crippen LogP) is 1.67. The number of benzene rings is 2. The number of aliphatic hydroxyl groups excluding tert-OH is 1. The Morgan fingerprint density at radius 2 is 1.65 bits per heavy atom. The first-order chi connectivity index (χ1) is 8.34. The molecule has 2 atom stereocenters. The van der Waals surface area contributed by atoms with Crippen molar-refractivity contribution in [3.8, 4) is 0 Å². The standard InChI is InChI=1S/C15H14OSe/c16-14-10-11-6-4-5-9-13(11)15(14)17-12-7-2-1-3-8-12/h1-9,14-16H,10H2/t14-,15-/m1/s1. The molecule has 2 aromatic rings. The maximum absolute atomic E-state index is 10.2. The summed E-state index contributed by atoms with van der Waals surface area (Å²) in [7, 11) is 0. The normalized spacial score (nSPS) is 22.4. The van der Waals surface area contributed by atoms with Crippen LogP contribution in [0.25, 0.3) is 0 Å². The zero-order chi connectivity index (χ0) is 11.7. The molecule has 0 bridgehead atoms. The quantitative estimate of drug-likeness (QED) is 0.834. The van der Waals surface area contributed by atoms with Gasteiger partial charge in [-0.1, -0.05) is 0 Å². The average Bonchev–Trinajstić information content (AvgIpc) is 2.68. The van der Waals surface area contributed by atoms with E-state index in [0.29, 0.717) is 19.8 Å². The van der Waals surface area contributed by atoms with Crippen molar-refractivity contribution in [2.24, 2.45) is 0 Å². The van der Waals surface area contributed by atoms with Gasteiger partial charge in [0.05, 0.1) is 0 Å². The molecular weight excluding hydrogens is 275 g/mol. The number of aliphatic hydroxyl groups is 1. The van der Waals surface area contributed by atoms with Gasteiger partial charge in [0.25, 0.3) is 0 Å². The topological polar surface area (TPSA) is 20.2 Å². The third kappa shape index (κ3) is 2.16. The average molecular weight is 289 g/mol. The third-order valence-corrected chi connectivity index (χ3v) is 6.01. The van der Waals surface area contributed by atoms with E-state index in [4.69, 9.17) is 0 Å². The van der Waals surface area contributed by atoms with Gasteiger partial charge in [0.1, 0.15) is 0 Å². The van der Waals surface area contributed by atoms with Crippen molar-refractivity contribution in [1.29, 1.82) is 0 Å². The monoisotopic (exact) mass is 290 g/mol. The summed E-state index contributed by atoms with van der Waals surface area (Å²) in [5, 5.41) is 10.2. The molecule has 0 aromatic heterocycles. The van der Waals surface area contributed by atoms with Crippen molar-refractivity contribution in [3.05, 3.63) is 65.7 Å². The van der Waals surface area contributed by atoms with Crippen molar-refractivity contribution >= 4 is 19.4 Å². The minimum atomic E-state index is -0.201. The first-order valence-corrected chi connectivity index (χ1v) is 7.67. The second-order valence-electron chi connectivity index (χ2n) is 4.32. The van der Waals surface area contributed by atoms with Gasteiger partial charge in [-0.3, -0.25) is 0 Å². The number of fused-ring (bicyclic) bond motifs is 1. The summed E-state index contributed by atoms with van der Waals surface area (Å²) in [5.74, 6) is 0. The molecule has 0 aliphatic heterocycles. The van der Waals surface area contributed by atoms with Crippen LogP contribution in [0.1, 0.15) is 15.9 Å². The fourth-order valence-electron chi connectivity index (χ4n) is 2.32. The first-order valence-electron chi connectivity index (χ1n) is 5.82. The van der Waals surface area contributed by atoms with Crippen LogP contribution in [0.15, 0.2) is 54.6 Å². The Morgan fingerprint density at radius 3 is 2.47 bits per heavy atom. The Labute approximate surface area is 108 Å². The molecule has 0 radical (unpaired) electrons. The van der Waals surface area contributed by atoms with Crippen LogP contribution < -0.4 is 4.46 Å². The van der Waals surface area contributed by atoms with Crippen molar-refractivity contribution < 1.29 is 5.11 Å². The molecule has 2 heteroatoms. The summed E-state index contributed by atoms with van der Waals surface area (Å²) in [6, 6.07) is 18.9. The van der Waals surface area contributed by atoms with E-state index in [2.05, 4.69) is 48.5 Å². The molecular formula is C15H14OSe. The van der Waals surface area contributed by atoms with Crippen molar-refractivity contribution in [1.82, 2.24) is 0 Å². The van der Waals surface area contributed by atoms with Gasteiger partial charge in [0, 0.05) is 0 Å². The van der Waals surface area contributed by atoms with Crippen LogP contribution in [0, 0.1) is 0 Å². The summed E-state index contributed by atoms with van der Waals surface area (Å²) in [6.07, 6.45) is 0.614. The van der Waals surface area contributed by atoms with E-state index >= 15 is 0 Å². The Kier molecular flexibility index (Phi) is 3.02. The molecule has 2 aromatic carbocycles. The van der Waals surface area contributed by atoms with Crippen LogP contribution in [-0.4, -0.2) is 26.2 Å². The van der Waals surface area contributed by atoms with E-state index in [0.717, 1.165) is 6.42 Å². The number of hydrogen-bond donors (Lipinski definition) is 1. The Hall–Kier alpha value is -1.08. The van der Waals surface area contributed by atoms with Crippen molar-refractivity contribution in [2.45, 2.75) is 17.3 Å². The molecule has 0 amide bonds. The number of rotatable bonds is 2. The summed E-state index contributed by atoms with van der Waals surface area (Å²) in [4.78, 5) is 0.320. The Morgan fingerprint density at radius 1 is 0.941 bits per heavy atom. The molecule has 1 aliphatic carbocycles. The van der Waals surface area contributed by atoms with Gasteiger partial charge in [-0.2, -0.15) is 0 Å². The molecule has 86 valence electrons. The zero-order valence-electron chi connectivity index (χ0n) is 9.41. The predicted molar refractivity (Wildman–Crippen MR) is 70.7 cm³/mol. The van der Waals surface area contributed by atoms with E-state index in [9.17, 15) is 5.11 Å². The molecule has 0 unspecified atom stereocenters. The maximum atomic E-state index is 10.2. The van der Waals surface area contributed by atoms with Gasteiger partial charge in [-0.05, 0) is 0 Å². The molecule has 17 heavy (non-hydrogen) atoms. The third-order valence-electron chi connectivity index (χ3n) is 3.15. The molecule has 0 fully saturated rings. The fraction of sp³-hybridized carbons (Fsp3) is 0.200. The first kappa shape index (κ1) is 11.0. The van der Waals surface area contributed by atoms with E-state index in [-0.39, 0.29) is 6.10 Å². The SMILES string of the molecule is O[C@@H]1Cc2ccccc2[C@H]1[Se]c1ccccc1. The molecule has 0 saturated heterocycles. The second-order valence-corrected chi connectivity index (χ2v) is 6.87. The van der Waals surface area contributed by atoms with Gasteiger partial charge in [0.15, 0.2) is 0 Å². The van der Waals surface area contributed by atoms with Crippen LogP contribution in [-0.2, 0) is 6.42 Å². The molecule has 0 spiro atoms. The van der Waals surface area contributed by atoms with Gasteiger partial charge < -0.3 is 0 Å². The van der Waals surface area contributed by atoms with Gasteiger partial charge in [-0.25, -0.2) is 0 Å². The molecule has 1 N–H and O–H groups in total. The van der Waals surface area contributed by atoms with Crippen molar-refractivity contribution in [3.63, 3.8) is 0 Å². The van der Waals surface area contributed by atoms with Crippen LogP contribution in [0.4, 0.5) is 0 Å².